The van der Waals surface area contributed by atoms with Crippen LogP contribution < -0.4 is 14.8 Å². The number of thiophene rings is 1. The molecule has 6 heteroatoms. The van der Waals surface area contributed by atoms with E-state index in [-0.39, 0.29) is 23.7 Å². The van der Waals surface area contributed by atoms with Gasteiger partial charge in [-0.25, -0.2) is 4.39 Å². The van der Waals surface area contributed by atoms with Crippen molar-refractivity contribution in [1.29, 1.82) is 0 Å². The van der Waals surface area contributed by atoms with Crippen LogP contribution in [0.5, 0.6) is 0 Å². The molecule has 0 atom stereocenters. The third kappa shape index (κ3) is 4.39. The zero-order valence-corrected chi connectivity index (χ0v) is 17.9. The molecule has 0 saturated carbocycles. The number of hydrogen-bond acceptors (Lipinski definition) is 4. The van der Waals surface area contributed by atoms with Gasteiger partial charge in [0.1, 0.15) is 10.5 Å². The third-order valence-electron chi connectivity index (χ3n) is 4.38. The van der Waals surface area contributed by atoms with Crippen LogP contribution >= 0.6 is 22.7 Å². The minimum atomic E-state index is -0.558. The Balaban J connectivity index is 2.21. The Hall–Kier alpha value is -2.31. The first-order valence-corrected chi connectivity index (χ1v) is 10.6. The number of halogens is 1. The molecule has 0 aliphatic heterocycles. The van der Waals surface area contributed by atoms with Crippen molar-refractivity contribution in [3.63, 3.8) is 0 Å². The lowest BCUT2D eigenvalue weighted by atomic mass is 9.91. The standard InChI is InChI=1S/C22H22FNO2S2/c1-14-9-10-27-17(14)11-18-21(26)24(13-15-7-5-6-8-16(15)23)20(28-18)12-19(25)22(2,3)4/h5-12H,13H2,1-4H3. The SMILES string of the molecule is Cc1ccsc1C=c1sc(=CC(=O)C(C)(C)C)n(Cc2ccccc2F)c1=O. The molecule has 0 fully saturated rings. The Labute approximate surface area is 171 Å². The molecule has 0 aliphatic carbocycles. The summed E-state index contributed by atoms with van der Waals surface area (Å²) in [6, 6.07) is 8.38. The second-order valence-corrected chi connectivity index (χ2v) is 9.67. The molecule has 0 bridgehead atoms. The van der Waals surface area contributed by atoms with Crippen molar-refractivity contribution in [3.05, 3.63) is 77.1 Å². The van der Waals surface area contributed by atoms with Crippen LogP contribution in [-0.4, -0.2) is 10.4 Å². The van der Waals surface area contributed by atoms with Crippen LogP contribution in [0.2, 0.25) is 0 Å². The highest BCUT2D eigenvalue weighted by Crippen LogP contribution is 2.16. The fourth-order valence-corrected chi connectivity index (χ4v) is 4.53. The fourth-order valence-electron chi connectivity index (χ4n) is 2.57. The third-order valence-corrected chi connectivity index (χ3v) is 6.41. The molecule has 0 N–H and O–H groups in total. The second kappa shape index (κ2) is 7.97. The van der Waals surface area contributed by atoms with E-state index in [0.717, 1.165) is 10.4 Å². The topological polar surface area (TPSA) is 39.1 Å². The maximum Gasteiger partial charge on any atom is 0.269 e. The number of hydrogen-bond donors (Lipinski definition) is 0. The quantitative estimate of drug-likeness (QED) is 0.652. The average molecular weight is 416 g/mol. The highest BCUT2D eigenvalue weighted by atomic mass is 32.1. The van der Waals surface area contributed by atoms with E-state index in [9.17, 15) is 14.0 Å². The van der Waals surface area contributed by atoms with E-state index >= 15 is 0 Å². The van der Waals surface area contributed by atoms with Crippen LogP contribution in [-0.2, 0) is 11.3 Å². The van der Waals surface area contributed by atoms with Crippen LogP contribution in [0.4, 0.5) is 4.39 Å². The highest BCUT2D eigenvalue weighted by Gasteiger charge is 2.19. The van der Waals surface area contributed by atoms with Crippen molar-refractivity contribution < 1.29 is 9.18 Å². The lowest BCUT2D eigenvalue weighted by Crippen LogP contribution is -2.33. The Morgan fingerprint density at radius 1 is 1.21 bits per heavy atom. The van der Waals surface area contributed by atoms with Crippen LogP contribution in [0.1, 0.15) is 36.8 Å². The number of nitrogens with zero attached hydrogens (tertiary/aromatic N) is 1. The monoisotopic (exact) mass is 415 g/mol. The van der Waals surface area contributed by atoms with Gasteiger partial charge in [-0.1, -0.05) is 39.0 Å². The Kier molecular flexibility index (Phi) is 5.82. The van der Waals surface area contributed by atoms with Gasteiger partial charge in [-0.05, 0) is 36.1 Å². The van der Waals surface area contributed by atoms with Gasteiger partial charge < -0.3 is 0 Å². The van der Waals surface area contributed by atoms with E-state index in [2.05, 4.69) is 0 Å². The molecule has 146 valence electrons. The van der Waals surface area contributed by atoms with Crippen molar-refractivity contribution >= 4 is 40.6 Å². The Morgan fingerprint density at radius 3 is 2.54 bits per heavy atom. The van der Waals surface area contributed by atoms with Gasteiger partial charge in [0.2, 0.25) is 0 Å². The molecule has 3 nitrogen and oxygen atoms in total. The summed E-state index contributed by atoms with van der Waals surface area (Å²) in [4.78, 5) is 26.6. The van der Waals surface area contributed by atoms with E-state index in [4.69, 9.17) is 0 Å². The molecule has 3 rings (SSSR count). The molecule has 0 radical (unpaired) electrons. The van der Waals surface area contributed by atoms with Crippen molar-refractivity contribution in [2.45, 2.75) is 34.2 Å². The highest BCUT2D eigenvalue weighted by molar-refractivity contribution is 7.11. The van der Waals surface area contributed by atoms with Gasteiger partial charge in [-0.15, -0.1) is 22.7 Å². The van der Waals surface area contributed by atoms with Crippen LogP contribution in [0.3, 0.4) is 0 Å². The molecule has 1 aromatic carbocycles. The maximum atomic E-state index is 14.2. The molecule has 0 spiro atoms. The number of benzene rings is 1. The van der Waals surface area contributed by atoms with Crippen molar-refractivity contribution in [3.8, 4) is 0 Å². The number of carbonyl (C=O) groups excluding carboxylic acids is 1. The van der Waals surface area contributed by atoms with Crippen LogP contribution in [0.15, 0.2) is 40.5 Å². The first-order valence-electron chi connectivity index (χ1n) is 8.92. The first-order chi connectivity index (χ1) is 13.2. The molecule has 28 heavy (non-hydrogen) atoms. The van der Waals surface area contributed by atoms with Crippen molar-refractivity contribution in [2.75, 3.05) is 0 Å². The molecule has 0 saturated heterocycles. The van der Waals surface area contributed by atoms with Gasteiger partial charge in [-0.2, -0.15) is 0 Å². The number of aryl methyl sites for hydroxylation is 1. The smallest absolute Gasteiger partial charge is 0.269 e. The normalized spacial score (nSPS) is 13.3. The summed E-state index contributed by atoms with van der Waals surface area (Å²) < 4.78 is 16.7. The summed E-state index contributed by atoms with van der Waals surface area (Å²) in [6.45, 7) is 7.58. The summed E-state index contributed by atoms with van der Waals surface area (Å²) in [6.07, 6.45) is 3.36. The summed E-state index contributed by atoms with van der Waals surface area (Å²) in [7, 11) is 0. The number of ketones is 1. The summed E-state index contributed by atoms with van der Waals surface area (Å²) in [5.41, 5.74) is 0.736. The van der Waals surface area contributed by atoms with Gasteiger partial charge in [0.25, 0.3) is 5.56 Å². The van der Waals surface area contributed by atoms with Gasteiger partial charge in [-0.3, -0.25) is 14.2 Å². The average Bonchev–Trinajstić information content (AvgIpc) is 3.14. The molecule has 3 aromatic rings. The van der Waals surface area contributed by atoms with Crippen molar-refractivity contribution in [2.24, 2.45) is 5.41 Å². The summed E-state index contributed by atoms with van der Waals surface area (Å²) in [5, 5.41) is 1.98. The summed E-state index contributed by atoms with van der Waals surface area (Å²) in [5.74, 6) is -0.441. The number of Topliss-reactive ketones (excluding diaryl/α,β-unsaturated/α-hetero) is 1. The first kappa shape index (κ1) is 20.4. The number of rotatable bonds is 4. The Morgan fingerprint density at radius 2 is 1.93 bits per heavy atom. The zero-order valence-electron chi connectivity index (χ0n) is 16.3. The van der Waals surface area contributed by atoms with Gasteiger partial charge in [0.05, 0.1) is 11.1 Å². The Bertz CT molecular complexity index is 1190. The van der Waals surface area contributed by atoms with E-state index in [1.807, 2.05) is 45.2 Å². The molecule has 2 heterocycles. The number of thiazole rings is 1. The largest absolute Gasteiger partial charge is 0.294 e. The van der Waals surface area contributed by atoms with Crippen LogP contribution in [0, 0.1) is 18.2 Å². The van der Waals surface area contributed by atoms with Gasteiger partial charge in [0, 0.05) is 21.9 Å². The number of aromatic nitrogens is 1. The minimum absolute atomic E-state index is 0.0742. The molecule has 0 unspecified atom stereocenters. The molecule has 2 aromatic heterocycles. The van der Waals surface area contributed by atoms with E-state index < -0.39 is 5.41 Å². The van der Waals surface area contributed by atoms with Crippen LogP contribution in [0.25, 0.3) is 12.2 Å². The lowest BCUT2D eigenvalue weighted by Gasteiger charge is -2.13. The molecule has 0 aliphatic rings. The number of carbonyl (C=O) groups is 1. The summed E-state index contributed by atoms with van der Waals surface area (Å²) >= 11 is 2.82. The molecular weight excluding hydrogens is 393 g/mol. The second-order valence-electron chi connectivity index (χ2n) is 7.66. The van der Waals surface area contributed by atoms with Gasteiger partial charge >= 0.3 is 0 Å². The van der Waals surface area contributed by atoms with E-state index in [1.165, 1.54) is 28.0 Å². The van der Waals surface area contributed by atoms with Gasteiger partial charge in [0.15, 0.2) is 5.78 Å². The maximum absolute atomic E-state index is 14.2. The van der Waals surface area contributed by atoms with E-state index in [1.54, 1.807) is 29.5 Å². The zero-order chi connectivity index (χ0) is 20.5. The van der Waals surface area contributed by atoms with Crippen molar-refractivity contribution in [1.82, 2.24) is 4.57 Å². The predicted molar refractivity (Wildman–Crippen MR) is 115 cm³/mol. The molecule has 0 amide bonds. The lowest BCUT2D eigenvalue weighted by molar-refractivity contribution is -0.120. The fraction of sp³-hybridized carbons (Fsp3) is 0.273. The molecular formula is C22H22FNO2S2. The predicted octanol–water partition coefficient (Wildman–Crippen LogP) is 3.69. The van der Waals surface area contributed by atoms with E-state index in [0.29, 0.717) is 14.8 Å². The minimum Gasteiger partial charge on any atom is -0.294 e.